The van der Waals surface area contributed by atoms with E-state index in [0.717, 1.165) is 0 Å². The number of hydrogen-bond acceptors (Lipinski definition) is 6. The maximum absolute atomic E-state index is 12.3. The van der Waals surface area contributed by atoms with Crippen LogP contribution in [-0.4, -0.2) is 47.4 Å². The quantitative estimate of drug-likeness (QED) is 0.903. The second kappa shape index (κ2) is 7.06. The average molecular weight is 345 g/mol. The topological polar surface area (TPSA) is 86.9 Å². The van der Waals surface area contributed by atoms with Crippen molar-refractivity contribution in [2.45, 2.75) is 45.5 Å². The SMILES string of the molecule is CC(C)(C)OC(=O)N1CCC(Oc2cc(OC(F)F)cc(N)n2)C1. The number of nitrogen functional groups attached to an aromatic ring is 1. The first-order chi connectivity index (χ1) is 11.1. The van der Waals surface area contributed by atoms with Crippen LogP contribution in [0.4, 0.5) is 19.4 Å². The molecular formula is C15H21F2N3O4. The lowest BCUT2D eigenvalue weighted by Crippen LogP contribution is -2.36. The maximum Gasteiger partial charge on any atom is 0.410 e. The fourth-order valence-electron chi connectivity index (χ4n) is 2.22. The minimum Gasteiger partial charge on any atom is -0.472 e. The molecule has 2 N–H and O–H groups in total. The van der Waals surface area contributed by atoms with Crippen LogP contribution >= 0.6 is 0 Å². The monoisotopic (exact) mass is 345 g/mol. The molecule has 1 aromatic rings. The van der Waals surface area contributed by atoms with Gasteiger partial charge in [-0.05, 0) is 20.8 Å². The van der Waals surface area contributed by atoms with Gasteiger partial charge >= 0.3 is 12.7 Å². The van der Waals surface area contributed by atoms with E-state index in [1.165, 1.54) is 17.0 Å². The molecule has 1 aliphatic heterocycles. The number of alkyl halides is 2. The van der Waals surface area contributed by atoms with Crippen LogP contribution in [0.3, 0.4) is 0 Å². The van der Waals surface area contributed by atoms with E-state index < -0.39 is 18.3 Å². The Balaban J connectivity index is 1.95. The Bertz CT molecular complexity index is 593. The number of halogens is 2. The third-order valence-corrected chi connectivity index (χ3v) is 3.10. The summed E-state index contributed by atoms with van der Waals surface area (Å²) >= 11 is 0. The molecule has 0 radical (unpaired) electrons. The first-order valence-corrected chi connectivity index (χ1v) is 7.49. The third kappa shape index (κ3) is 5.39. The van der Waals surface area contributed by atoms with Crippen molar-refractivity contribution in [3.63, 3.8) is 0 Å². The Labute approximate surface area is 138 Å². The number of aromatic nitrogens is 1. The highest BCUT2D eigenvalue weighted by Gasteiger charge is 2.31. The first-order valence-electron chi connectivity index (χ1n) is 7.49. The molecule has 0 saturated carbocycles. The number of ether oxygens (including phenoxy) is 3. The Morgan fingerprint density at radius 3 is 2.75 bits per heavy atom. The molecule has 9 heteroatoms. The van der Waals surface area contributed by atoms with Gasteiger partial charge in [-0.2, -0.15) is 13.8 Å². The molecule has 2 heterocycles. The summed E-state index contributed by atoms with van der Waals surface area (Å²) in [5.74, 6) is -0.0543. The summed E-state index contributed by atoms with van der Waals surface area (Å²) < 4.78 is 39.8. The standard InChI is InChI=1S/C15H21F2N3O4/c1-15(2,3)24-14(21)20-5-4-9(8-20)22-12-7-10(23-13(16)17)6-11(18)19-12/h6-7,9,13H,4-5,8H2,1-3H3,(H2,18,19). The number of nitrogens with two attached hydrogens (primary N) is 1. The number of hydrogen-bond donors (Lipinski definition) is 1. The number of carbonyl (C=O) groups excluding carboxylic acids is 1. The molecule has 1 saturated heterocycles. The predicted molar refractivity (Wildman–Crippen MR) is 82.1 cm³/mol. The number of carbonyl (C=O) groups is 1. The highest BCUT2D eigenvalue weighted by Crippen LogP contribution is 2.25. The Kier molecular flexibility index (Phi) is 5.30. The molecular weight excluding hydrogens is 324 g/mol. The van der Waals surface area contributed by atoms with Gasteiger partial charge < -0.3 is 24.8 Å². The van der Waals surface area contributed by atoms with E-state index in [0.29, 0.717) is 19.5 Å². The molecule has 1 unspecified atom stereocenters. The summed E-state index contributed by atoms with van der Waals surface area (Å²) in [6.45, 7) is 3.19. The van der Waals surface area contributed by atoms with Crippen LogP contribution in [-0.2, 0) is 4.74 Å². The van der Waals surface area contributed by atoms with E-state index in [-0.39, 0.29) is 23.6 Å². The Morgan fingerprint density at radius 1 is 1.42 bits per heavy atom. The number of rotatable bonds is 4. The van der Waals surface area contributed by atoms with E-state index in [2.05, 4.69) is 9.72 Å². The van der Waals surface area contributed by atoms with Crippen molar-refractivity contribution in [2.24, 2.45) is 0 Å². The molecule has 1 fully saturated rings. The highest BCUT2D eigenvalue weighted by molar-refractivity contribution is 5.68. The molecule has 0 aromatic carbocycles. The largest absolute Gasteiger partial charge is 0.472 e. The van der Waals surface area contributed by atoms with Gasteiger partial charge in [0.2, 0.25) is 5.88 Å². The molecule has 0 spiro atoms. The lowest BCUT2D eigenvalue weighted by atomic mass is 10.2. The van der Waals surface area contributed by atoms with Crippen LogP contribution in [0.1, 0.15) is 27.2 Å². The van der Waals surface area contributed by atoms with Gasteiger partial charge in [-0.1, -0.05) is 0 Å². The molecule has 1 aromatic heterocycles. The molecule has 0 bridgehead atoms. The normalized spacial score (nSPS) is 17.9. The minimum atomic E-state index is -2.96. The van der Waals surface area contributed by atoms with Gasteiger partial charge in [-0.15, -0.1) is 0 Å². The highest BCUT2D eigenvalue weighted by atomic mass is 19.3. The van der Waals surface area contributed by atoms with Gasteiger partial charge in [0.25, 0.3) is 0 Å². The number of pyridine rings is 1. The summed E-state index contributed by atoms with van der Waals surface area (Å²) in [5, 5.41) is 0. The molecule has 134 valence electrons. The Hall–Kier alpha value is -2.32. The van der Waals surface area contributed by atoms with E-state index >= 15 is 0 Å². The fraction of sp³-hybridized carbons (Fsp3) is 0.600. The molecule has 1 amide bonds. The van der Waals surface area contributed by atoms with Crippen LogP contribution < -0.4 is 15.2 Å². The van der Waals surface area contributed by atoms with Gasteiger partial charge in [0, 0.05) is 25.1 Å². The molecule has 0 aliphatic carbocycles. The van der Waals surface area contributed by atoms with Crippen molar-refractivity contribution in [1.29, 1.82) is 0 Å². The van der Waals surface area contributed by atoms with Gasteiger partial charge in [-0.3, -0.25) is 0 Å². The van der Waals surface area contributed by atoms with Crippen molar-refractivity contribution in [3.8, 4) is 11.6 Å². The zero-order valence-corrected chi connectivity index (χ0v) is 13.8. The summed E-state index contributed by atoms with van der Waals surface area (Å²) in [4.78, 5) is 17.5. The maximum atomic E-state index is 12.3. The lowest BCUT2D eigenvalue weighted by Gasteiger charge is -2.24. The van der Waals surface area contributed by atoms with E-state index in [9.17, 15) is 13.6 Å². The Morgan fingerprint density at radius 2 is 2.12 bits per heavy atom. The molecule has 24 heavy (non-hydrogen) atoms. The van der Waals surface area contributed by atoms with Crippen molar-refractivity contribution in [2.75, 3.05) is 18.8 Å². The molecule has 1 atom stereocenters. The van der Waals surface area contributed by atoms with Crippen LogP contribution in [0.2, 0.25) is 0 Å². The number of amides is 1. The fourth-order valence-corrected chi connectivity index (χ4v) is 2.22. The van der Waals surface area contributed by atoms with E-state index in [1.807, 2.05) is 0 Å². The van der Waals surface area contributed by atoms with Crippen LogP contribution in [0, 0.1) is 0 Å². The van der Waals surface area contributed by atoms with Crippen molar-refractivity contribution in [3.05, 3.63) is 12.1 Å². The average Bonchev–Trinajstić information content (AvgIpc) is 2.83. The first kappa shape index (κ1) is 18.0. The summed E-state index contributed by atoms with van der Waals surface area (Å²) in [6, 6.07) is 2.42. The number of nitrogens with zero attached hydrogens (tertiary/aromatic N) is 2. The van der Waals surface area contributed by atoms with Gasteiger partial charge in [0.05, 0.1) is 6.54 Å². The minimum absolute atomic E-state index is 0.00476. The summed E-state index contributed by atoms with van der Waals surface area (Å²) in [6.07, 6.45) is -0.178. The van der Waals surface area contributed by atoms with E-state index in [1.54, 1.807) is 20.8 Å². The van der Waals surface area contributed by atoms with Crippen molar-refractivity contribution >= 4 is 11.9 Å². The zero-order valence-electron chi connectivity index (χ0n) is 13.8. The zero-order chi connectivity index (χ0) is 17.9. The van der Waals surface area contributed by atoms with Gasteiger partial charge in [0.1, 0.15) is 23.3 Å². The predicted octanol–water partition coefficient (Wildman–Crippen LogP) is 2.65. The third-order valence-electron chi connectivity index (χ3n) is 3.10. The smallest absolute Gasteiger partial charge is 0.410 e. The van der Waals surface area contributed by atoms with Crippen LogP contribution in [0.25, 0.3) is 0 Å². The van der Waals surface area contributed by atoms with E-state index in [4.69, 9.17) is 15.2 Å². The molecule has 2 rings (SSSR count). The van der Waals surface area contributed by atoms with Gasteiger partial charge in [0.15, 0.2) is 0 Å². The van der Waals surface area contributed by atoms with Crippen molar-refractivity contribution < 1.29 is 27.8 Å². The second-order valence-electron chi connectivity index (χ2n) is 6.40. The molecule has 1 aliphatic rings. The number of likely N-dealkylation sites (tertiary alicyclic amines) is 1. The van der Waals surface area contributed by atoms with Crippen LogP contribution in [0.15, 0.2) is 12.1 Å². The number of anilines is 1. The summed E-state index contributed by atoms with van der Waals surface area (Å²) in [5.41, 5.74) is 4.98. The lowest BCUT2D eigenvalue weighted by molar-refractivity contribution is -0.0500. The van der Waals surface area contributed by atoms with Crippen LogP contribution in [0.5, 0.6) is 11.6 Å². The van der Waals surface area contributed by atoms with Gasteiger partial charge in [-0.25, -0.2) is 4.79 Å². The van der Waals surface area contributed by atoms with Crippen molar-refractivity contribution in [1.82, 2.24) is 9.88 Å². The molecule has 7 nitrogen and oxygen atoms in total. The summed E-state index contributed by atoms with van der Waals surface area (Å²) in [7, 11) is 0. The second-order valence-corrected chi connectivity index (χ2v) is 6.40.